The van der Waals surface area contributed by atoms with Gasteiger partial charge in [-0.05, 0) is 65.4 Å². The Labute approximate surface area is 165 Å². The summed E-state index contributed by atoms with van der Waals surface area (Å²) in [6, 6.07) is 11.6. The van der Waals surface area contributed by atoms with E-state index in [0.717, 1.165) is 24.5 Å². The quantitative estimate of drug-likeness (QED) is 0.318. The average molecular weight is 464 g/mol. The van der Waals surface area contributed by atoms with Crippen molar-refractivity contribution in [1.82, 2.24) is 0 Å². The average Bonchev–Trinajstić information content (AvgIpc) is 2.91. The van der Waals surface area contributed by atoms with Crippen LogP contribution in [0, 0.1) is 3.57 Å². The predicted molar refractivity (Wildman–Crippen MR) is 111 cm³/mol. The van der Waals surface area contributed by atoms with Gasteiger partial charge in [0.05, 0.1) is 15.1 Å². The molecule has 0 amide bonds. The van der Waals surface area contributed by atoms with Gasteiger partial charge in [0, 0.05) is 10.5 Å². The third kappa shape index (κ3) is 3.93. The summed E-state index contributed by atoms with van der Waals surface area (Å²) >= 11 is 3.73. The molecule has 0 aliphatic carbocycles. The van der Waals surface area contributed by atoms with Crippen molar-refractivity contribution in [2.75, 3.05) is 13.2 Å². The topological polar surface area (TPSA) is 35.5 Å². The minimum absolute atomic E-state index is 0.0700. The smallest absolute Gasteiger partial charge is 0.200 e. The molecule has 0 atom stereocenters. The lowest BCUT2D eigenvalue weighted by molar-refractivity contribution is 0.104. The zero-order valence-electron chi connectivity index (χ0n) is 13.8. The first-order valence-corrected chi connectivity index (χ1v) is 9.77. The lowest BCUT2D eigenvalue weighted by Crippen LogP contribution is -2.01. The zero-order chi connectivity index (χ0) is 17.8. The second-order valence-corrected chi connectivity index (χ2v) is 7.54. The van der Waals surface area contributed by atoms with Crippen LogP contribution in [-0.2, 0) is 0 Å². The first kappa shape index (κ1) is 18.1. The number of fused-ring (bicyclic) bond motifs is 1. The number of benzene rings is 2. The van der Waals surface area contributed by atoms with Crippen LogP contribution in [0.5, 0.6) is 11.5 Å². The van der Waals surface area contributed by atoms with Gasteiger partial charge in [-0.25, -0.2) is 0 Å². The number of carbonyl (C=O) groups excluding carboxylic acids is 1. The van der Waals surface area contributed by atoms with Gasteiger partial charge in [0.25, 0.3) is 0 Å². The maximum absolute atomic E-state index is 12.5. The maximum atomic E-state index is 12.5. The molecule has 1 heterocycles. The Hall–Kier alpha value is -1.73. The number of hydrogen-bond donors (Lipinski definition) is 0. The molecule has 1 aliphatic rings. The van der Waals surface area contributed by atoms with Crippen molar-refractivity contribution in [1.29, 1.82) is 0 Å². The van der Waals surface area contributed by atoms with Crippen LogP contribution in [0.25, 0.3) is 6.08 Å². The van der Waals surface area contributed by atoms with E-state index in [0.29, 0.717) is 24.7 Å². The lowest BCUT2D eigenvalue weighted by atomic mass is 10.1. The van der Waals surface area contributed by atoms with Crippen molar-refractivity contribution in [3.8, 4) is 11.5 Å². The number of carbonyl (C=O) groups is 1. The van der Waals surface area contributed by atoms with E-state index in [9.17, 15) is 4.79 Å². The summed E-state index contributed by atoms with van der Waals surface area (Å²) < 4.78 is 12.4. The third-order valence-corrected chi connectivity index (χ3v) is 5.45. The monoisotopic (exact) mass is 464 g/mol. The summed E-state index contributed by atoms with van der Waals surface area (Å²) in [6.45, 7) is 6.57. The van der Waals surface area contributed by atoms with Crippen LogP contribution in [-0.4, -0.2) is 19.0 Å². The molecule has 2 aromatic rings. The van der Waals surface area contributed by atoms with Gasteiger partial charge in [-0.15, -0.1) is 0 Å². The Morgan fingerprint density at radius 1 is 1.24 bits per heavy atom. The predicted octanol–water partition coefficient (Wildman–Crippen LogP) is 5.58. The van der Waals surface area contributed by atoms with E-state index >= 15 is 0 Å². The molecule has 2 aromatic carbocycles. The van der Waals surface area contributed by atoms with Gasteiger partial charge in [0.2, 0.25) is 5.78 Å². The van der Waals surface area contributed by atoms with E-state index in [1.165, 1.54) is 11.8 Å². The van der Waals surface area contributed by atoms with Gasteiger partial charge < -0.3 is 9.47 Å². The first-order valence-electron chi connectivity index (χ1n) is 7.87. The van der Waals surface area contributed by atoms with Crippen LogP contribution >= 0.6 is 34.4 Å². The van der Waals surface area contributed by atoms with Gasteiger partial charge in [0.1, 0.15) is 6.61 Å². The minimum Gasteiger partial charge on any atom is -0.490 e. The SMILES string of the molecule is C=CCOc1c(I)cc(/C=C2\Sc3ccccc3C2=O)cc1OCC. The number of ether oxygens (including phenoxy) is 2. The Bertz CT molecular complexity index is 858. The highest BCUT2D eigenvalue weighted by Crippen LogP contribution is 2.42. The summed E-state index contributed by atoms with van der Waals surface area (Å²) in [7, 11) is 0. The van der Waals surface area contributed by atoms with E-state index in [4.69, 9.17) is 9.47 Å². The number of hydrogen-bond acceptors (Lipinski definition) is 4. The minimum atomic E-state index is 0.0700. The van der Waals surface area contributed by atoms with Crippen molar-refractivity contribution in [2.24, 2.45) is 0 Å². The first-order chi connectivity index (χ1) is 12.1. The largest absolute Gasteiger partial charge is 0.490 e. The third-order valence-electron chi connectivity index (χ3n) is 3.55. The molecule has 0 fully saturated rings. The summed E-state index contributed by atoms with van der Waals surface area (Å²) in [5, 5.41) is 0. The fourth-order valence-electron chi connectivity index (χ4n) is 2.50. The normalized spacial score (nSPS) is 14.5. The Morgan fingerprint density at radius 2 is 2.04 bits per heavy atom. The van der Waals surface area contributed by atoms with Crippen molar-refractivity contribution < 1.29 is 14.3 Å². The molecule has 0 N–H and O–H groups in total. The number of ketones is 1. The molecule has 3 nitrogen and oxygen atoms in total. The van der Waals surface area contributed by atoms with Crippen molar-refractivity contribution in [2.45, 2.75) is 11.8 Å². The number of Topliss-reactive ketones (excluding diaryl/α,β-unsaturated/α-hetero) is 1. The van der Waals surface area contributed by atoms with Gasteiger partial charge >= 0.3 is 0 Å². The van der Waals surface area contributed by atoms with Crippen LogP contribution < -0.4 is 9.47 Å². The van der Waals surface area contributed by atoms with E-state index in [2.05, 4.69) is 29.2 Å². The summed E-state index contributed by atoms with van der Waals surface area (Å²) in [6.07, 6.45) is 3.61. The standard InChI is InChI=1S/C20H17IO3S/c1-3-9-24-20-15(21)10-13(11-16(20)23-4-2)12-18-19(22)14-7-5-6-8-17(14)25-18/h3,5-8,10-12H,1,4,9H2,2H3/b18-12-. The van der Waals surface area contributed by atoms with E-state index in [-0.39, 0.29) is 5.78 Å². The number of rotatable bonds is 6. The number of thioether (sulfide) groups is 1. The maximum Gasteiger partial charge on any atom is 0.200 e. The van der Waals surface area contributed by atoms with Gasteiger partial charge in [-0.3, -0.25) is 4.79 Å². The summed E-state index contributed by atoms with van der Waals surface area (Å²) in [5.74, 6) is 1.45. The Kier molecular flexibility index (Phi) is 5.86. The molecule has 0 saturated carbocycles. The highest BCUT2D eigenvalue weighted by molar-refractivity contribution is 14.1. The molecule has 0 aromatic heterocycles. The van der Waals surface area contributed by atoms with Crippen molar-refractivity contribution in [3.05, 3.63) is 68.7 Å². The molecular formula is C20H17IO3S. The van der Waals surface area contributed by atoms with Crippen LogP contribution in [0.1, 0.15) is 22.8 Å². The van der Waals surface area contributed by atoms with Crippen molar-refractivity contribution in [3.63, 3.8) is 0 Å². The van der Waals surface area contributed by atoms with E-state index < -0.39 is 0 Å². The molecule has 0 unspecified atom stereocenters. The molecule has 25 heavy (non-hydrogen) atoms. The fraction of sp³-hybridized carbons (Fsp3) is 0.150. The molecule has 5 heteroatoms. The zero-order valence-corrected chi connectivity index (χ0v) is 16.7. The second kappa shape index (κ2) is 8.10. The molecule has 0 spiro atoms. The summed E-state index contributed by atoms with van der Waals surface area (Å²) in [5.41, 5.74) is 1.69. The molecule has 0 bridgehead atoms. The fourth-order valence-corrected chi connectivity index (χ4v) is 4.34. The van der Waals surface area contributed by atoms with E-state index in [1.54, 1.807) is 6.08 Å². The van der Waals surface area contributed by atoms with Crippen LogP contribution in [0.3, 0.4) is 0 Å². The summed E-state index contributed by atoms with van der Waals surface area (Å²) in [4.78, 5) is 14.3. The highest BCUT2D eigenvalue weighted by Gasteiger charge is 2.25. The van der Waals surface area contributed by atoms with Gasteiger partial charge in [-0.1, -0.05) is 36.5 Å². The Morgan fingerprint density at radius 3 is 2.76 bits per heavy atom. The van der Waals surface area contributed by atoms with Gasteiger partial charge in [0.15, 0.2) is 11.5 Å². The van der Waals surface area contributed by atoms with Crippen LogP contribution in [0.2, 0.25) is 0 Å². The van der Waals surface area contributed by atoms with Gasteiger partial charge in [-0.2, -0.15) is 0 Å². The van der Waals surface area contributed by atoms with Crippen molar-refractivity contribution >= 4 is 46.2 Å². The second-order valence-electron chi connectivity index (χ2n) is 5.30. The Balaban J connectivity index is 1.96. The molecule has 0 radical (unpaired) electrons. The molecular weight excluding hydrogens is 447 g/mol. The van der Waals surface area contributed by atoms with Crippen LogP contribution in [0.15, 0.2) is 58.9 Å². The molecule has 1 aliphatic heterocycles. The lowest BCUT2D eigenvalue weighted by Gasteiger charge is -2.14. The van der Waals surface area contributed by atoms with E-state index in [1.807, 2.05) is 49.4 Å². The molecule has 0 saturated heterocycles. The highest BCUT2D eigenvalue weighted by atomic mass is 127. The number of halogens is 1. The molecule has 128 valence electrons. The number of allylic oxidation sites excluding steroid dienone is 1. The van der Waals surface area contributed by atoms with Crippen LogP contribution in [0.4, 0.5) is 0 Å². The molecule has 3 rings (SSSR count).